The number of aliphatic hydroxyl groups is 1. The highest BCUT2D eigenvalue weighted by atomic mass is 16.5. The van der Waals surface area contributed by atoms with E-state index in [1.165, 1.54) is 0 Å². The Morgan fingerprint density at radius 2 is 1.46 bits per heavy atom. The predicted octanol–water partition coefficient (Wildman–Crippen LogP) is 5.00. The normalized spacial score (nSPS) is 11.9. The topological polar surface area (TPSA) is 114 Å². The number of benzene rings is 2. The molecule has 0 radical (unpaired) electrons. The molecule has 0 bridgehead atoms. The van der Waals surface area contributed by atoms with E-state index in [1.807, 2.05) is 81.8 Å². The van der Waals surface area contributed by atoms with Crippen molar-refractivity contribution >= 4 is 17.3 Å². The number of ether oxygens (including phenoxy) is 3. The summed E-state index contributed by atoms with van der Waals surface area (Å²) in [5.74, 6) is 2.98. The number of hydrogen-bond acceptors (Lipinski definition) is 11. The fraction of sp³-hybridized carbons (Fsp3) is 0.389. The second kappa shape index (κ2) is 16.2. The molecule has 0 fully saturated rings. The standard InChI is InChI=1S/C36H46N8O4/c1-7-8-21-48-36-39-35(43(24-26-9-14-29(46-5)15-10-26)25-27-11-16-30(47-6)17-12-27)34-38-23-31(44(34)40-36)33(45)28-13-18-32(37-22-28)42(4)20-19-41(2)3/h9-18,22-23,33,45H,7-8,19-21,24-25H2,1-6H3. The van der Waals surface area contributed by atoms with Crippen molar-refractivity contribution in [1.82, 2.24) is 29.5 Å². The molecule has 48 heavy (non-hydrogen) atoms. The van der Waals surface area contributed by atoms with Crippen molar-refractivity contribution in [3.05, 3.63) is 95.4 Å². The Hall–Kier alpha value is -4.94. The highest BCUT2D eigenvalue weighted by Crippen LogP contribution is 2.30. The molecule has 0 aliphatic carbocycles. The molecule has 3 heterocycles. The maximum absolute atomic E-state index is 11.6. The van der Waals surface area contributed by atoms with E-state index >= 15 is 0 Å². The third kappa shape index (κ3) is 8.50. The summed E-state index contributed by atoms with van der Waals surface area (Å²) in [6.07, 6.45) is 4.14. The number of anilines is 2. The van der Waals surface area contributed by atoms with Crippen LogP contribution < -0.4 is 24.0 Å². The van der Waals surface area contributed by atoms with Gasteiger partial charge in [-0.25, -0.2) is 14.5 Å². The Balaban J connectivity index is 1.53. The summed E-state index contributed by atoms with van der Waals surface area (Å²) >= 11 is 0. The lowest BCUT2D eigenvalue weighted by molar-refractivity contribution is 0.211. The molecule has 0 spiro atoms. The van der Waals surface area contributed by atoms with Gasteiger partial charge in [-0.15, -0.1) is 5.10 Å². The number of methoxy groups -OCH3 is 2. The molecule has 1 unspecified atom stereocenters. The van der Waals surface area contributed by atoms with Crippen molar-refractivity contribution in [2.24, 2.45) is 0 Å². The number of fused-ring (bicyclic) bond motifs is 1. The molecule has 1 atom stereocenters. The van der Waals surface area contributed by atoms with Gasteiger partial charge in [0.25, 0.3) is 0 Å². The number of unbranched alkanes of at least 4 members (excludes halogenated alkanes) is 1. The average molecular weight is 655 g/mol. The Morgan fingerprint density at radius 3 is 2.00 bits per heavy atom. The first-order valence-corrected chi connectivity index (χ1v) is 16.2. The summed E-state index contributed by atoms with van der Waals surface area (Å²) in [6, 6.07) is 19.9. The summed E-state index contributed by atoms with van der Waals surface area (Å²) in [4.78, 5) is 20.6. The number of likely N-dealkylation sites (N-methyl/N-ethyl adjacent to an activating group) is 2. The van der Waals surface area contributed by atoms with Crippen LogP contribution in [0.2, 0.25) is 0 Å². The van der Waals surface area contributed by atoms with Crippen LogP contribution in [0, 0.1) is 0 Å². The van der Waals surface area contributed by atoms with Crippen LogP contribution in [0.15, 0.2) is 73.1 Å². The fourth-order valence-corrected chi connectivity index (χ4v) is 5.16. The van der Waals surface area contributed by atoms with Crippen LogP contribution in [0.25, 0.3) is 5.65 Å². The Bertz CT molecular complexity index is 1680. The van der Waals surface area contributed by atoms with Crippen molar-refractivity contribution < 1.29 is 19.3 Å². The van der Waals surface area contributed by atoms with Gasteiger partial charge in [0, 0.05) is 45.0 Å². The van der Waals surface area contributed by atoms with Gasteiger partial charge in [0.1, 0.15) is 23.4 Å². The molecule has 12 nitrogen and oxygen atoms in total. The molecule has 254 valence electrons. The van der Waals surface area contributed by atoms with Crippen LogP contribution in [-0.2, 0) is 13.1 Å². The maximum Gasteiger partial charge on any atom is 0.336 e. The van der Waals surface area contributed by atoms with Crippen molar-refractivity contribution in [1.29, 1.82) is 0 Å². The number of rotatable bonds is 17. The quantitative estimate of drug-likeness (QED) is 0.137. The second-order valence-corrected chi connectivity index (χ2v) is 12.0. The minimum absolute atomic E-state index is 0.211. The van der Waals surface area contributed by atoms with E-state index in [2.05, 4.69) is 26.6 Å². The zero-order valence-corrected chi connectivity index (χ0v) is 28.7. The largest absolute Gasteiger partial charge is 0.497 e. The van der Waals surface area contributed by atoms with Crippen LogP contribution in [0.5, 0.6) is 17.5 Å². The molecular weight excluding hydrogens is 608 g/mol. The molecule has 0 aliphatic rings. The number of aromatic nitrogens is 5. The van der Waals surface area contributed by atoms with Crippen molar-refractivity contribution in [2.45, 2.75) is 39.0 Å². The zero-order valence-electron chi connectivity index (χ0n) is 28.7. The molecule has 0 saturated heterocycles. The zero-order chi connectivity index (χ0) is 34.0. The molecule has 0 amide bonds. The van der Waals surface area contributed by atoms with E-state index in [4.69, 9.17) is 29.3 Å². The highest BCUT2D eigenvalue weighted by molar-refractivity contribution is 5.65. The molecule has 12 heteroatoms. The first kappa shape index (κ1) is 34.4. The van der Waals surface area contributed by atoms with Gasteiger partial charge in [0.05, 0.1) is 32.7 Å². The Morgan fingerprint density at radius 1 is 0.812 bits per heavy atom. The summed E-state index contributed by atoms with van der Waals surface area (Å²) in [5.41, 5.74) is 3.73. The SMILES string of the molecule is CCCCOc1nc(N(Cc2ccc(OC)cc2)Cc2ccc(OC)cc2)c2ncc(C(O)c3ccc(N(C)CCN(C)C)nc3)n2n1. The van der Waals surface area contributed by atoms with Crippen LogP contribution in [-0.4, -0.2) is 89.6 Å². The van der Waals surface area contributed by atoms with Gasteiger partial charge in [-0.1, -0.05) is 43.7 Å². The van der Waals surface area contributed by atoms with E-state index in [0.29, 0.717) is 42.4 Å². The predicted molar refractivity (Wildman–Crippen MR) is 187 cm³/mol. The van der Waals surface area contributed by atoms with Gasteiger partial charge in [-0.05, 0) is 62.0 Å². The van der Waals surface area contributed by atoms with Crippen LogP contribution in [0.3, 0.4) is 0 Å². The molecule has 5 aromatic rings. The second-order valence-electron chi connectivity index (χ2n) is 12.0. The number of imidazole rings is 1. The average Bonchev–Trinajstić information content (AvgIpc) is 3.54. The van der Waals surface area contributed by atoms with Gasteiger partial charge >= 0.3 is 6.01 Å². The molecule has 1 N–H and O–H groups in total. The molecule has 5 rings (SSSR count). The summed E-state index contributed by atoms with van der Waals surface area (Å²) in [5, 5.41) is 16.3. The van der Waals surface area contributed by atoms with Gasteiger partial charge in [-0.3, -0.25) is 0 Å². The third-order valence-electron chi connectivity index (χ3n) is 8.09. The van der Waals surface area contributed by atoms with Crippen LogP contribution in [0.4, 0.5) is 11.6 Å². The van der Waals surface area contributed by atoms with E-state index in [-0.39, 0.29) is 6.01 Å². The van der Waals surface area contributed by atoms with E-state index < -0.39 is 6.10 Å². The summed E-state index contributed by atoms with van der Waals surface area (Å²) in [7, 11) is 9.41. The van der Waals surface area contributed by atoms with Crippen LogP contribution >= 0.6 is 0 Å². The summed E-state index contributed by atoms with van der Waals surface area (Å²) < 4.78 is 18.5. The first-order valence-electron chi connectivity index (χ1n) is 16.2. The van der Waals surface area contributed by atoms with E-state index in [9.17, 15) is 5.11 Å². The summed E-state index contributed by atoms with van der Waals surface area (Å²) in [6.45, 7) is 5.36. The third-order valence-corrected chi connectivity index (χ3v) is 8.09. The van der Waals surface area contributed by atoms with Gasteiger partial charge in [0.15, 0.2) is 11.5 Å². The Kier molecular flexibility index (Phi) is 11.6. The lowest BCUT2D eigenvalue weighted by Crippen LogP contribution is -2.29. The minimum atomic E-state index is -1.03. The van der Waals surface area contributed by atoms with Gasteiger partial charge < -0.3 is 34.0 Å². The molecule has 2 aromatic carbocycles. The van der Waals surface area contributed by atoms with E-state index in [1.54, 1.807) is 31.1 Å². The number of nitrogens with zero attached hydrogens (tertiary/aromatic N) is 8. The van der Waals surface area contributed by atoms with Crippen molar-refractivity contribution in [3.63, 3.8) is 0 Å². The lowest BCUT2D eigenvalue weighted by atomic mass is 10.1. The number of hydrogen-bond donors (Lipinski definition) is 1. The fourth-order valence-electron chi connectivity index (χ4n) is 5.16. The molecule has 3 aromatic heterocycles. The minimum Gasteiger partial charge on any atom is -0.497 e. The van der Waals surface area contributed by atoms with Crippen molar-refractivity contribution in [3.8, 4) is 17.5 Å². The Labute approximate surface area is 282 Å². The maximum atomic E-state index is 11.6. The highest BCUT2D eigenvalue weighted by Gasteiger charge is 2.24. The molecule has 0 saturated carbocycles. The van der Waals surface area contributed by atoms with Crippen molar-refractivity contribution in [2.75, 3.05) is 64.9 Å². The van der Waals surface area contributed by atoms with Gasteiger partial charge in [-0.2, -0.15) is 4.98 Å². The molecule has 0 aliphatic heterocycles. The molecular formula is C36H46N8O4. The number of pyridine rings is 1. The van der Waals surface area contributed by atoms with Gasteiger partial charge in [0.2, 0.25) is 0 Å². The first-order chi connectivity index (χ1) is 23.3. The van der Waals surface area contributed by atoms with Crippen LogP contribution in [0.1, 0.15) is 48.3 Å². The smallest absolute Gasteiger partial charge is 0.336 e. The monoisotopic (exact) mass is 654 g/mol. The van der Waals surface area contributed by atoms with E-state index in [0.717, 1.165) is 54.4 Å². The lowest BCUT2D eigenvalue weighted by Gasteiger charge is -2.25. The number of aliphatic hydroxyl groups excluding tert-OH is 1.